The summed E-state index contributed by atoms with van der Waals surface area (Å²) in [5, 5.41) is 11.9. The number of halogens is 1. The molecule has 0 aromatic heterocycles. The summed E-state index contributed by atoms with van der Waals surface area (Å²) in [7, 11) is 0. The topological polar surface area (TPSA) is 36.8 Å². The Bertz CT molecular complexity index is 278. The molecular weight excluding hydrogens is 254 g/mol. The average molecular weight is 273 g/mol. The number of nitrogens with two attached hydrogens (primary N) is 1. The molecule has 0 aliphatic carbocycles. The van der Waals surface area contributed by atoms with E-state index < -0.39 is 0 Å². The van der Waals surface area contributed by atoms with Crippen LogP contribution >= 0.6 is 15.9 Å². The van der Waals surface area contributed by atoms with E-state index in [1.807, 2.05) is 0 Å². The largest absolute Gasteiger partial charge is 0.396 e. The van der Waals surface area contributed by atoms with Gasteiger partial charge in [-0.1, -0.05) is 40.2 Å². The van der Waals surface area contributed by atoms with Gasteiger partial charge < -0.3 is 10.4 Å². The van der Waals surface area contributed by atoms with Crippen molar-refractivity contribution in [1.82, 2.24) is 0 Å². The number of rotatable bonds is 7. The quantitative estimate of drug-likeness (QED) is 0.566. The monoisotopic (exact) mass is 272 g/mol. The summed E-state index contributed by atoms with van der Waals surface area (Å²) < 4.78 is 0. The highest BCUT2D eigenvalue weighted by atomic mass is 79.9. The minimum atomic E-state index is 0.291. The second-order valence-electron chi connectivity index (χ2n) is 3.57. The Morgan fingerprint density at radius 3 is 2.60 bits per heavy atom. The van der Waals surface area contributed by atoms with Gasteiger partial charge in [0.15, 0.2) is 0 Å². The first-order valence-corrected chi connectivity index (χ1v) is 6.56. The Balaban J connectivity index is 2.44. The van der Waals surface area contributed by atoms with Gasteiger partial charge in [-0.2, -0.15) is 0 Å². The summed E-state index contributed by atoms with van der Waals surface area (Å²) in [5.74, 6) is 0. The van der Waals surface area contributed by atoms with Crippen LogP contribution in [0.15, 0.2) is 24.3 Å². The van der Waals surface area contributed by atoms with E-state index in [0.29, 0.717) is 6.61 Å². The zero-order chi connectivity index (χ0) is 10.9. The van der Waals surface area contributed by atoms with Crippen LogP contribution in [0, 0.1) is 0 Å². The SMILES string of the molecule is OCCC[NH2+]Cc1ccccc1CCBr. The van der Waals surface area contributed by atoms with Gasteiger partial charge in [-0.25, -0.2) is 0 Å². The van der Waals surface area contributed by atoms with Crippen molar-refractivity contribution in [3.8, 4) is 0 Å². The van der Waals surface area contributed by atoms with Gasteiger partial charge in [0.05, 0.1) is 6.54 Å². The molecule has 1 rings (SSSR count). The lowest BCUT2D eigenvalue weighted by Crippen LogP contribution is -2.82. The van der Waals surface area contributed by atoms with Gasteiger partial charge in [0.1, 0.15) is 6.54 Å². The highest BCUT2D eigenvalue weighted by Gasteiger charge is 2.02. The van der Waals surface area contributed by atoms with Crippen molar-refractivity contribution in [3.05, 3.63) is 35.4 Å². The minimum absolute atomic E-state index is 0.291. The van der Waals surface area contributed by atoms with E-state index >= 15 is 0 Å². The molecule has 2 nitrogen and oxygen atoms in total. The molecule has 0 spiro atoms. The molecule has 0 fully saturated rings. The molecule has 0 atom stereocenters. The first-order valence-electron chi connectivity index (χ1n) is 5.43. The molecule has 0 unspecified atom stereocenters. The van der Waals surface area contributed by atoms with Crippen LogP contribution in [0.3, 0.4) is 0 Å². The third-order valence-corrected chi connectivity index (χ3v) is 2.81. The van der Waals surface area contributed by atoms with E-state index in [1.165, 1.54) is 11.1 Å². The minimum Gasteiger partial charge on any atom is -0.396 e. The van der Waals surface area contributed by atoms with Crippen molar-refractivity contribution in [2.24, 2.45) is 0 Å². The first-order chi connectivity index (χ1) is 7.38. The number of hydrogen-bond acceptors (Lipinski definition) is 1. The third kappa shape index (κ3) is 4.78. The van der Waals surface area contributed by atoms with Crippen molar-refractivity contribution in [3.63, 3.8) is 0 Å². The number of aryl methyl sites for hydroxylation is 1. The van der Waals surface area contributed by atoms with Crippen LogP contribution in [0.25, 0.3) is 0 Å². The van der Waals surface area contributed by atoms with Crippen LogP contribution in [0.4, 0.5) is 0 Å². The van der Waals surface area contributed by atoms with Gasteiger partial charge >= 0.3 is 0 Å². The maximum absolute atomic E-state index is 8.68. The number of alkyl halides is 1. The normalized spacial score (nSPS) is 10.5. The number of aliphatic hydroxyl groups is 1. The zero-order valence-electron chi connectivity index (χ0n) is 8.95. The smallest absolute Gasteiger partial charge is 0.102 e. The molecule has 0 saturated carbocycles. The molecular formula is C12H19BrNO+. The van der Waals surface area contributed by atoms with Crippen LogP contribution in [-0.4, -0.2) is 23.6 Å². The molecule has 3 heteroatoms. The lowest BCUT2D eigenvalue weighted by atomic mass is 10.1. The maximum Gasteiger partial charge on any atom is 0.102 e. The van der Waals surface area contributed by atoms with Gasteiger partial charge in [0.25, 0.3) is 0 Å². The van der Waals surface area contributed by atoms with Gasteiger partial charge in [0, 0.05) is 23.9 Å². The number of quaternary nitrogens is 1. The molecule has 0 aliphatic rings. The summed E-state index contributed by atoms with van der Waals surface area (Å²) in [4.78, 5) is 0. The van der Waals surface area contributed by atoms with Gasteiger partial charge in [0.2, 0.25) is 0 Å². The first kappa shape index (κ1) is 12.7. The van der Waals surface area contributed by atoms with Crippen molar-refractivity contribution >= 4 is 15.9 Å². The van der Waals surface area contributed by atoms with Crippen molar-refractivity contribution in [1.29, 1.82) is 0 Å². The number of hydrogen-bond donors (Lipinski definition) is 2. The van der Waals surface area contributed by atoms with Crippen LogP contribution in [0.5, 0.6) is 0 Å². The third-order valence-electron chi connectivity index (χ3n) is 2.41. The van der Waals surface area contributed by atoms with Crippen molar-refractivity contribution < 1.29 is 10.4 Å². The lowest BCUT2D eigenvalue weighted by molar-refractivity contribution is -0.671. The van der Waals surface area contributed by atoms with Gasteiger partial charge in [-0.3, -0.25) is 0 Å². The predicted molar refractivity (Wildman–Crippen MR) is 66.1 cm³/mol. The summed E-state index contributed by atoms with van der Waals surface area (Å²) in [6.07, 6.45) is 1.96. The molecule has 1 aromatic rings. The predicted octanol–water partition coefficient (Wildman–Crippen LogP) is 1.07. The highest BCUT2D eigenvalue weighted by molar-refractivity contribution is 9.09. The molecule has 0 aliphatic heterocycles. The van der Waals surface area contributed by atoms with E-state index in [4.69, 9.17) is 5.11 Å². The molecule has 0 heterocycles. The van der Waals surface area contributed by atoms with Crippen LogP contribution < -0.4 is 5.32 Å². The van der Waals surface area contributed by atoms with E-state index in [-0.39, 0.29) is 0 Å². The second-order valence-corrected chi connectivity index (χ2v) is 4.36. The Morgan fingerprint density at radius 1 is 1.20 bits per heavy atom. The van der Waals surface area contributed by atoms with Crippen LogP contribution in [-0.2, 0) is 13.0 Å². The number of aliphatic hydroxyl groups excluding tert-OH is 1. The van der Waals surface area contributed by atoms with Crippen molar-refractivity contribution in [2.75, 3.05) is 18.5 Å². The van der Waals surface area contributed by atoms with E-state index in [9.17, 15) is 0 Å². The average Bonchev–Trinajstić information content (AvgIpc) is 2.27. The fourth-order valence-electron chi connectivity index (χ4n) is 1.60. The molecule has 0 bridgehead atoms. The fraction of sp³-hybridized carbons (Fsp3) is 0.500. The molecule has 3 N–H and O–H groups in total. The molecule has 1 aromatic carbocycles. The van der Waals surface area contributed by atoms with E-state index in [0.717, 1.165) is 31.3 Å². The Kier molecular flexibility index (Phi) is 6.64. The van der Waals surface area contributed by atoms with E-state index in [2.05, 4.69) is 45.5 Å². The van der Waals surface area contributed by atoms with E-state index in [1.54, 1.807) is 0 Å². The molecule has 0 amide bonds. The lowest BCUT2D eigenvalue weighted by Gasteiger charge is -2.06. The summed E-state index contributed by atoms with van der Waals surface area (Å²) in [5.41, 5.74) is 2.84. The maximum atomic E-state index is 8.68. The van der Waals surface area contributed by atoms with Crippen LogP contribution in [0.1, 0.15) is 17.5 Å². The summed E-state index contributed by atoms with van der Waals surface area (Å²) in [6.45, 7) is 2.31. The molecule has 84 valence electrons. The standard InChI is InChI=1S/C12H18BrNO/c13-7-6-11-4-1-2-5-12(11)10-14-8-3-9-15/h1-2,4-5,14-15H,3,6-10H2/p+1. The summed E-state index contributed by atoms with van der Waals surface area (Å²) in [6, 6.07) is 8.56. The molecule has 0 saturated heterocycles. The summed E-state index contributed by atoms with van der Waals surface area (Å²) >= 11 is 3.47. The second kappa shape index (κ2) is 7.85. The zero-order valence-corrected chi connectivity index (χ0v) is 10.5. The molecule has 0 radical (unpaired) electrons. The Hall–Kier alpha value is -0.380. The van der Waals surface area contributed by atoms with Crippen LogP contribution in [0.2, 0.25) is 0 Å². The van der Waals surface area contributed by atoms with Crippen molar-refractivity contribution in [2.45, 2.75) is 19.4 Å². The molecule has 15 heavy (non-hydrogen) atoms. The van der Waals surface area contributed by atoms with Gasteiger partial charge in [-0.05, 0) is 12.0 Å². The van der Waals surface area contributed by atoms with Gasteiger partial charge in [-0.15, -0.1) is 0 Å². The number of benzene rings is 1. The fourth-order valence-corrected chi connectivity index (χ4v) is 2.02. The Labute approximate surface area is 99.8 Å². The Morgan fingerprint density at radius 2 is 1.93 bits per heavy atom. The highest BCUT2D eigenvalue weighted by Crippen LogP contribution is 2.09.